The summed E-state index contributed by atoms with van der Waals surface area (Å²) in [4.78, 5) is 0. The minimum Gasteiger partial charge on any atom is -0.309 e. The normalized spacial score (nSPS) is 12.4. The SMILES string of the molecule is CNC(c1ccccc1)c1cc(I)ccc1Br. The molecular weight excluding hydrogens is 389 g/mol. The van der Waals surface area contributed by atoms with Crippen LogP contribution in [-0.2, 0) is 0 Å². The number of halogens is 2. The second-order valence-corrected chi connectivity index (χ2v) is 5.90. The third kappa shape index (κ3) is 3.09. The van der Waals surface area contributed by atoms with Gasteiger partial charge in [0.2, 0.25) is 0 Å². The predicted octanol–water partition coefficient (Wildman–Crippen LogP) is 4.36. The fraction of sp³-hybridized carbons (Fsp3) is 0.143. The van der Waals surface area contributed by atoms with Gasteiger partial charge >= 0.3 is 0 Å². The van der Waals surface area contributed by atoms with Crippen molar-refractivity contribution in [1.29, 1.82) is 0 Å². The Hall–Kier alpha value is -0.390. The molecule has 0 bridgehead atoms. The molecule has 0 aliphatic heterocycles. The first-order valence-electron chi connectivity index (χ1n) is 5.39. The number of hydrogen-bond acceptors (Lipinski definition) is 1. The lowest BCUT2D eigenvalue weighted by Crippen LogP contribution is -2.18. The summed E-state index contributed by atoms with van der Waals surface area (Å²) in [5.41, 5.74) is 2.54. The fourth-order valence-corrected chi connectivity index (χ4v) is 2.87. The Kier molecular flexibility index (Phi) is 4.59. The molecule has 1 unspecified atom stereocenters. The summed E-state index contributed by atoms with van der Waals surface area (Å²) in [6.07, 6.45) is 0. The minimum atomic E-state index is 0.222. The van der Waals surface area contributed by atoms with Crippen LogP contribution >= 0.6 is 38.5 Å². The van der Waals surface area contributed by atoms with E-state index in [0.717, 1.165) is 4.47 Å². The van der Waals surface area contributed by atoms with Crippen LogP contribution in [0.15, 0.2) is 53.0 Å². The van der Waals surface area contributed by atoms with Crippen molar-refractivity contribution in [1.82, 2.24) is 5.32 Å². The number of benzene rings is 2. The van der Waals surface area contributed by atoms with E-state index in [1.807, 2.05) is 13.1 Å². The number of nitrogens with one attached hydrogen (secondary N) is 1. The monoisotopic (exact) mass is 401 g/mol. The molecule has 1 atom stereocenters. The van der Waals surface area contributed by atoms with E-state index in [4.69, 9.17) is 0 Å². The van der Waals surface area contributed by atoms with Gasteiger partial charge in [0.05, 0.1) is 6.04 Å². The lowest BCUT2D eigenvalue weighted by molar-refractivity contribution is 0.688. The molecule has 0 radical (unpaired) electrons. The summed E-state index contributed by atoms with van der Waals surface area (Å²) in [6, 6.07) is 17.1. The van der Waals surface area contributed by atoms with Gasteiger partial charge in [0.25, 0.3) is 0 Å². The van der Waals surface area contributed by atoms with Crippen LogP contribution in [0.1, 0.15) is 17.2 Å². The molecule has 0 heterocycles. The van der Waals surface area contributed by atoms with E-state index >= 15 is 0 Å². The van der Waals surface area contributed by atoms with E-state index in [-0.39, 0.29) is 6.04 Å². The smallest absolute Gasteiger partial charge is 0.0585 e. The number of rotatable bonds is 3. The van der Waals surface area contributed by atoms with Crippen molar-refractivity contribution >= 4 is 38.5 Å². The van der Waals surface area contributed by atoms with Crippen molar-refractivity contribution in [3.63, 3.8) is 0 Å². The van der Waals surface area contributed by atoms with E-state index in [2.05, 4.69) is 86.3 Å². The van der Waals surface area contributed by atoms with Crippen molar-refractivity contribution < 1.29 is 0 Å². The number of hydrogen-bond donors (Lipinski definition) is 1. The summed E-state index contributed by atoms with van der Waals surface area (Å²) in [7, 11) is 1.99. The summed E-state index contributed by atoms with van der Waals surface area (Å²) < 4.78 is 2.39. The topological polar surface area (TPSA) is 12.0 Å². The van der Waals surface area contributed by atoms with E-state index in [9.17, 15) is 0 Å². The van der Waals surface area contributed by atoms with Gasteiger partial charge < -0.3 is 5.32 Å². The van der Waals surface area contributed by atoms with Crippen LogP contribution in [0.3, 0.4) is 0 Å². The largest absolute Gasteiger partial charge is 0.309 e. The molecule has 0 aliphatic carbocycles. The molecule has 0 aromatic heterocycles. The van der Waals surface area contributed by atoms with Gasteiger partial charge in [0, 0.05) is 8.04 Å². The van der Waals surface area contributed by atoms with E-state index in [0.29, 0.717) is 0 Å². The maximum Gasteiger partial charge on any atom is 0.0585 e. The van der Waals surface area contributed by atoms with Gasteiger partial charge in [-0.25, -0.2) is 0 Å². The molecule has 88 valence electrons. The third-order valence-corrected chi connectivity index (χ3v) is 4.08. The van der Waals surface area contributed by atoms with Crippen molar-refractivity contribution in [3.05, 3.63) is 67.7 Å². The zero-order valence-electron chi connectivity index (χ0n) is 9.45. The van der Waals surface area contributed by atoms with Crippen molar-refractivity contribution in [2.24, 2.45) is 0 Å². The molecule has 3 heteroatoms. The first-order valence-corrected chi connectivity index (χ1v) is 7.26. The van der Waals surface area contributed by atoms with Gasteiger partial charge in [-0.15, -0.1) is 0 Å². The van der Waals surface area contributed by atoms with E-state index in [1.165, 1.54) is 14.7 Å². The van der Waals surface area contributed by atoms with Crippen LogP contribution in [-0.4, -0.2) is 7.05 Å². The average Bonchev–Trinajstić information content (AvgIpc) is 2.36. The minimum absolute atomic E-state index is 0.222. The van der Waals surface area contributed by atoms with Gasteiger partial charge in [0.15, 0.2) is 0 Å². The van der Waals surface area contributed by atoms with Crippen molar-refractivity contribution in [3.8, 4) is 0 Å². The zero-order chi connectivity index (χ0) is 12.3. The second-order valence-electron chi connectivity index (χ2n) is 3.80. The summed E-state index contributed by atoms with van der Waals surface area (Å²) in [5.74, 6) is 0. The van der Waals surface area contributed by atoms with Crippen LogP contribution < -0.4 is 5.32 Å². The fourth-order valence-electron chi connectivity index (χ4n) is 1.88. The molecule has 1 nitrogen and oxygen atoms in total. The second kappa shape index (κ2) is 5.98. The molecule has 17 heavy (non-hydrogen) atoms. The van der Waals surface area contributed by atoms with Gasteiger partial charge in [-0.05, 0) is 59.0 Å². The summed E-state index contributed by atoms with van der Waals surface area (Å²) in [5, 5.41) is 3.37. The third-order valence-electron chi connectivity index (χ3n) is 2.69. The lowest BCUT2D eigenvalue weighted by atomic mass is 9.99. The highest BCUT2D eigenvalue weighted by Gasteiger charge is 2.14. The van der Waals surface area contributed by atoms with Gasteiger partial charge in [-0.3, -0.25) is 0 Å². The van der Waals surface area contributed by atoms with Gasteiger partial charge in [-0.2, -0.15) is 0 Å². The molecule has 0 saturated heterocycles. The highest BCUT2D eigenvalue weighted by molar-refractivity contribution is 14.1. The van der Waals surface area contributed by atoms with Crippen LogP contribution in [0.25, 0.3) is 0 Å². The highest BCUT2D eigenvalue weighted by Crippen LogP contribution is 2.29. The zero-order valence-corrected chi connectivity index (χ0v) is 13.2. The lowest BCUT2D eigenvalue weighted by Gasteiger charge is -2.19. The van der Waals surface area contributed by atoms with Crippen LogP contribution in [0.4, 0.5) is 0 Å². The molecule has 2 aromatic rings. The molecule has 2 aromatic carbocycles. The molecule has 0 spiro atoms. The standard InChI is InChI=1S/C14H13BrIN/c1-17-14(10-5-3-2-4-6-10)12-9-11(16)7-8-13(12)15/h2-9,14,17H,1H3. The first-order chi connectivity index (χ1) is 8.22. The van der Waals surface area contributed by atoms with Crippen LogP contribution in [0.5, 0.6) is 0 Å². The quantitative estimate of drug-likeness (QED) is 0.753. The maximum atomic E-state index is 3.63. The van der Waals surface area contributed by atoms with E-state index in [1.54, 1.807) is 0 Å². The van der Waals surface area contributed by atoms with E-state index < -0.39 is 0 Å². The Morgan fingerprint density at radius 3 is 2.47 bits per heavy atom. The van der Waals surface area contributed by atoms with Crippen LogP contribution in [0.2, 0.25) is 0 Å². The van der Waals surface area contributed by atoms with Crippen LogP contribution in [0, 0.1) is 3.57 Å². The Balaban J connectivity index is 2.46. The Morgan fingerprint density at radius 1 is 1.12 bits per heavy atom. The molecule has 0 amide bonds. The molecule has 1 N–H and O–H groups in total. The van der Waals surface area contributed by atoms with Crippen molar-refractivity contribution in [2.75, 3.05) is 7.05 Å². The molecule has 0 saturated carbocycles. The Morgan fingerprint density at radius 2 is 1.82 bits per heavy atom. The summed E-state index contributed by atoms with van der Waals surface area (Å²) in [6.45, 7) is 0. The van der Waals surface area contributed by atoms with Gasteiger partial charge in [-0.1, -0.05) is 46.3 Å². The molecule has 0 aliphatic rings. The highest BCUT2D eigenvalue weighted by atomic mass is 127. The molecular formula is C14H13BrIN. The molecule has 2 rings (SSSR count). The molecule has 0 fully saturated rings. The van der Waals surface area contributed by atoms with Gasteiger partial charge in [0.1, 0.15) is 0 Å². The Labute approximate surface area is 124 Å². The maximum absolute atomic E-state index is 3.63. The Bertz CT molecular complexity index is 499. The first kappa shape index (κ1) is 13.1. The summed E-state index contributed by atoms with van der Waals surface area (Å²) >= 11 is 5.97. The predicted molar refractivity (Wildman–Crippen MR) is 84.2 cm³/mol. The average molecular weight is 402 g/mol. The van der Waals surface area contributed by atoms with Crippen molar-refractivity contribution in [2.45, 2.75) is 6.04 Å².